The quantitative estimate of drug-likeness (QED) is 0.594. The van der Waals surface area contributed by atoms with Crippen molar-refractivity contribution in [2.75, 3.05) is 6.54 Å². The van der Waals surface area contributed by atoms with Crippen molar-refractivity contribution in [1.29, 1.82) is 0 Å². The minimum Gasteiger partial charge on any atom is -0.353 e. The van der Waals surface area contributed by atoms with Crippen LogP contribution in [-0.2, 0) is 11.3 Å². The Kier molecular flexibility index (Phi) is 5.30. The molecule has 2 aromatic rings. The largest absolute Gasteiger partial charge is 0.353 e. The van der Waals surface area contributed by atoms with Crippen LogP contribution in [0.3, 0.4) is 0 Å². The SMILES string of the molecule is C=CCNC(=O)CCCCn1c(=O)[nH]c2ccccc2c1=O. The van der Waals surface area contributed by atoms with Crippen LogP contribution in [0.5, 0.6) is 0 Å². The summed E-state index contributed by atoms with van der Waals surface area (Å²) in [6.45, 7) is 4.27. The van der Waals surface area contributed by atoms with Crippen LogP contribution in [0, 0.1) is 0 Å². The van der Waals surface area contributed by atoms with Crippen LogP contribution >= 0.6 is 0 Å². The van der Waals surface area contributed by atoms with Crippen LogP contribution < -0.4 is 16.6 Å². The van der Waals surface area contributed by atoms with Gasteiger partial charge in [-0.25, -0.2) is 4.79 Å². The van der Waals surface area contributed by atoms with Gasteiger partial charge in [-0.2, -0.15) is 0 Å². The molecule has 1 heterocycles. The number of fused-ring (bicyclic) bond motifs is 1. The topological polar surface area (TPSA) is 84.0 Å². The summed E-state index contributed by atoms with van der Waals surface area (Å²) in [5.41, 5.74) is -0.173. The Morgan fingerprint density at radius 3 is 2.82 bits per heavy atom. The van der Waals surface area contributed by atoms with Gasteiger partial charge in [0.2, 0.25) is 5.91 Å². The Bertz CT molecular complexity index is 789. The average molecular weight is 301 g/mol. The zero-order valence-electron chi connectivity index (χ0n) is 12.3. The van der Waals surface area contributed by atoms with E-state index < -0.39 is 5.69 Å². The van der Waals surface area contributed by atoms with Crippen LogP contribution in [0.25, 0.3) is 10.9 Å². The Labute approximate surface area is 127 Å². The Hall–Kier alpha value is -2.63. The molecule has 0 aliphatic rings. The van der Waals surface area contributed by atoms with Crippen molar-refractivity contribution >= 4 is 16.8 Å². The first-order valence-electron chi connectivity index (χ1n) is 7.23. The van der Waals surface area contributed by atoms with E-state index in [9.17, 15) is 14.4 Å². The molecule has 0 unspecified atom stereocenters. The molecule has 0 spiro atoms. The summed E-state index contributed by atoms with van der Waals surface area (Å²) in [5.74, 6) is -0.0559. The summed E-state index contributed by atoms with van der Waals surface area (Å²) < 4.78 is 1.18. The maximum atomic E-state index is 12.3. The predicted octanol–water partition coefficient (Wildman–Crippen LogP) is 1.16. The van der Waals surface area contributed by atoms with Gasteiger partial charge < -0.3 is 10.3 Å². The third-order valence-electron chi connectivity index (χ3n) is 3.37. The highest BCUT2D eigenvalue weighted by atomic mass is 16.2. The summed E-state index contributed by atoms with van der Waals surface area (Å²) in [4.78, 5) is 38.3. The van der Waals surface area contributed by atoms with E-state index in [4.69, 9.17) is 0 Å². The van der Waals surface area contributed by atoms with Crippen LogP contribution in [0.4, 0.5) is 0 Å². The molecule has 22 heavy (non-hydrogen) atoms. The van der Waals surface area contributed by atoms with Gasteiger partial charge in [0.15, 0.2) is 0 Å². The van der Waals surface area contributed by atoms with Crippen molar-refractivity contribution in [3.8, 4) is 0 Å². The van der Waals surface area contributed by atoms with Crippen molar-refractivity contribution in [3.63, 3.8) is 0 Å². The van der Waals surface area contributed by atoms with E-state index in [2.05, 4.69) is 16.9 Å². The molecule has 2 N–H and O–H groups in total. The number of carbonyl (C=O) groups is 1. The van der Waals surface area contributed by atoms with Crippen molar-refractivity contribution in [2.24, 2.45) is 0 Å². The maximum Gasteiger partial charge on any atom is 0.328 e. The minimum absolute atomic E-state index is 0.0559. The molecule has 0 saturated heterocycles. The summed E-state index contributed by atoms with van der Waals surface area (Å²) >= 11 is 0. The predicted molar refractivity (Wildman–Crippen MR) is 85.9 cm³/mol. The molecular formula is C16H19N3O3. The van der Waals surface area contributed by atoms with Crippen molar-refractivity contribution < 1.29 is 4.79 Å². The van der Waals surface area contributed by atoms with E-state index in [0.29, 0.717) is 43.3 Å². The highest BCUT2D eigenvalue weighted by Crippen LogP contribution is 2.03. The van der Waals surface area contributed by atoms with Gasteiger partial charge in [0.25, 0.3) is 5.56 Å². The minimum atomic E-state index is -0.417. The van der Waals surface area contributed by atoms with Gasteiger partial charge in [-0.3, -0.25) is 14.2 Å². The number of para-hydroxylation sites is 1. The highest BCUT2D eigenvalue weighted by Gasteiger charge is 2.07. The molecule has 116 valence electrons. The fraction of sp³-hybridized carbons (Fsp3) is 0.312. The van der Waals surface area contributed by atoms with Gasteiger partial charge in [0, 0.05) is 19.5 Å². The van der Waals surface area contributed by atoms with Gasteiger partial charge in [-0.05, 0) is 25.0 Å². The highest BCUT2D eigenvalue weighted by molar-refractivity contribution is 5.77. The lowest BCUT2D eigenvalue weighted by Crippen LogP contribution is -2.35. The van der Waals surface area contributed by atoms with Gasteiger partial charge >= 0.3 is 5.69 Å². The first-order valence-corrected chi connectivity index (χ1v) is 7.23. The van der Waals surface area contributed by atoms with Gasteiger partial charge in [-0.1, -0.05) is 18.2 Å². The average Bonchev–Trinajstić information content (AvgIpc) is 2.52. The fourth-order valence-electron chi connectivity index (χ4n) is 2.23. The zero-order chi connectivity index (χ0) is 15.9. The van der Waals surface area contributed by atoms with Crippen molar-refractivity contribution in [1.82, 2.24) is 14.9 Å². The fourth-order valence-corrected chi connectivity index (χ4v) is 2.23. The normalized spacial score (nSPS) is 10.5. The number of carbonyl (C=O) groups excluding carboxylic acids is 1. The number of nitrogens with one attached hydrogen (secondary N) is 2. The van der Waals surface area contributed by atoms with Crippen molar-refractivity contribution in [2.45, 2.75) is 25.8 Å². The summed E-state index contributed by atoms with van der Waals surface area (Å²) in [6.07, 6.45) is 3.19. The molecule has 0 atom stereocenters. The third kappa shape index (κ3) is 3.72. The number of amides is 1. The molecule has 0 radical (unpaired) electrons. The molecule has 2 rings (SSSR count). The number of H-pyrrole nitrogens is 1. The van der Waals surface area contributed by atoms with Crippen LogP contribution in [0.1, 0.15) is 19.3 Å². The second-order valence-electron chi connectivity index (χ2n) is 4.98. The molecule has 0 aliphatic heterocycles. The van der Waals surface area contributed by atoms with E-state index in [0.717, 1.165) is 0 Å². The number of hydrogen-bond acceptors (Lipinski definition) is 3. The summed E-state index contributed by atoms with van der Waals surface area (Å²) in [6, 6.07) is 6.92. The Morgan fingerprint density at radius 1 is 1.27 bits per heavy atom. The van der Waals surface area contributed by atoms with Crippen LogP contribution in [-0.4, -0.2) is 22.0 Å². The number of rotatable bonds is 7. The van der Waals surface area contributed by atoms with Crippen LogP contribution in [0.15, 0.2) is 46.5 Å². The van der Waals surface area contributed by atoms with Gasteiger partial charge in [-0.15, -0.1) is 6.58 Å². The van der Waals surface area contributed by atoms with E-state index in [1.54, 1.807) is 30.3 Å². The molecule has 0 aliphatic carbocycles. The molecule has 6 heteroatoms. The molecular weight excluding hydrogens is 282 g/mol. The number of aromatic nitrogens is 2. The van der Waals surface area contributed by atoms with Gasteiger partial charge in [0.1, 0.15) is 0 Å². The second kappa shape index (κ2) is 7.40. The number of hydrogen-bond donors (Lipinski definition) is 2. The molecule has 1 aromatic carbocycles. The number of aromatic amines is 1. The lowest BCUT2D eigenvalue weighted by atomic mass is 10.2. The standard InChI is InChI=1S/C16H19N3O3/c1-2-10-17-14(20)9-5-6-11-19-15(21)12-7-3-4-8-13(12)18-16(19)22/h2-4,7-8H,1,5-6,9-11H2,(H,17,20)(H,18,22). The van der Waals surface area contributed by atoms with E-state index in [-0.39, 0.29) is 11.5 Å². The molecule has 1 amide bonds. The van der Waals surface area contributed by atoms with E-state index >= 15 is 0 Å². The monoisotopic (exact) mass is 301 g/mol. The summed E-state index contributed by atoms with van der Waals surface area (Å²) in [7, 11) is 0. The zero-order valence-corrected chi connectivity index (χ0v) is 12.3. The number of benzene rings is 1. The second-order valence-corrected chi connectivity index (χ2v) is 4.98. The maximum absolute atomic E-state index is 12.3. The molecule has 0 fully saturated rings. The number of nitrogens with zero attached hydrogens (tertiary/aromatic N) is 1. The van der Waals surface area contributed by atoms with Gasteiger partial charge in [0.05, 0.1) is 10.9 Å². The van der Waals surface area contributed by atoms with E-state index in [1.165, 1.54) is 4.57 Å². The molecule has 6 nitrogen and oxygen atoms in total. The molecule has 0 saturated carbocycles. The number of unbranched alkanes of at least 4 members (excludes halogenated alkanes) is 1. The summed E-state index contributed by atoms with van der Waals surface area (Å²) in [5, 5.41) is 3.18. The Morgan fingerprint density at radius 2 is 2.05 bits per heavy atom. The lowest BCUT2D eigenvalue weighted by Gasteiger charge is -2.06. The molecule has 0 bridgehead atoms. The Balaban J connectivity index is 2.00. The lowest BCUT2D eigenvalue weighted by molar-refractivity contribution is -0.121. The van der Waals surface area contributed by atoms with Crippen LogP contribution in [0.2, 0.25) is 0 Å². The van der Waals surface area contributed by atoms with E-state index in [1.807, 2.05) is 0 Å². The first kappa shape index (κ1) is 15.8. The molecule has 1 aromatic heterocycles. The third-order valence-corrected chi connectivity index (χ3v) is 3.37. The first-order chi connectivity index (χ1) is 10.6. The van der Waals surface area contributed by atoms with Crippen molar-refractivity contribution in [3.05, 3.63) is 57.8 Å². The smallest absolute Gasteiger partial charge is 0.328 e.